The maximum Gasteiger partial charge on any atom is 0.349 e. The molecule has 0 amide bonds. The predicted molar refractivity (Wildman–Crippen MR) is 146 cm³/mol. The van der Waals surface area contributed by atoms with Gasteiger partial charge in [-0.15, -0.1) is 0 Å². The van der Waals surface area contributed by atoms with E-state index in [2.05, 4.69) is 0 Å². The van der Waals surface area contributed by atoms with Gasteiger partial charge in [-0.2, -0.15) is 0 Å². The molecule has 1 aliphatic heterocycles. The van der Waals surface area contributed by atoms with Crippen LogP contribution in [0.2, 0.25) is 0 Å². The molecule has 5 nitrogen and oxygen atoms in total. The molecule has 6 heteroatoms. The number of methoxy groups -OCH3 is 1. The molecule has 1 atom stereocenters. The van der Waals surface area contributed by atoms with E-state index in [1.807, 2.05) is 87.5 Å². The highest BCUT2D eigenvalue weighted by Crippen LogP contribution is 2.47. The number of carbonyl (C=O) groups is 2. The number of ether oxygens (including phenoxy) is 2. The van der Waals surface area contributed by atoms with Crippen molar-refractivity contribution in [3.05, 3.63) is 112 Å². The summed E-state index contributed by atoms with van der Waals surface area (Å²) in [5.41, 5.74) is 1.77. The Hall–Kier alpha value is -3.51. The van der Waals surface area contributed by atoms with Crippen LogP contribution in [-0.2, 0) is 31.7 Å². The smallest absolute Gasteiger partial charge is 0.349 e. The van der Waals surface area contributed by atoms with Crippen LogP contribution >= 0.6 is 11.8 Å². The van der Waals surface area contributed by atoms with E-state index in [4.69, 9.17) is 9.47 Å². The molecule has 0 fully saturated rings. The standard InChI is InChI=1S/C31H32O5S/c1-30(2,3)26-23(28(33)35-4)16-11-17-25(26)37-27-24(32)20-31(36-29(27)34,22-14-9-6-10-15-22)19-18-21-12-7-5-8-13-21/h5-17,32H,18-20H2,1-4H3. The highest BCUT2D eigenvalue weighted by Gasteiger charge is 2.44. The molecule has 1 heterocycles. The predicted octanol–water partition coefficient (Wildman–Crippen LogP) is 7.11. The molecule has 0 aromatic heterocycles. The molecule has 3 aromatic carbocycles. The summed E-state index contributed by atoms with van der Waals surface area (Å²) in [7, 11) is 1.35. The van der Waals surface area contributed by atoms with Crippen LogP contribution in [0, 0.1) is 0 Å². The lowest BCUT2D eigenvalue weighted by Gasteiger charge is -2.38. The molecule has 1 N–H and O–H groups in total. The first-order chi connectivity index (χ1) is 17.6. The number of rotatable bonds is 7. The van der Waals surface area contributed by atoms with Crippen LogP contribution in [0.3, 0.4) is 0 Å². The first-order valence-electron chi connectivity index (χ1n) is 12.3. The molecular formula is C31H32O5S. The van der Waals surface area contributed by atoms with Crippen molar-refractivity contribution >= 4 is 23.7 Å². The molecule has 0 bridgehead atoms. The summed E-state index contributed by atoms with van der Waals surface area (Å²) in [6.07, 6.45) is 1.38. The van der Waals surface area contributed by atoms with Gasteiger partial charge >= 0.3 is 11.9 Å². The van der Waals surface area contributed by atoms with Gasteiger partial charge in [0.1, 0.15) is 16.3 Å². The molecular weight excluding hydrogens is 484 g/mol. The number of aliphatic hydroxyl groups is 1. The fraction of sp³-hybridized carbons (Fsp3) is 0.290. The van der Waals surface area contributed by atoms with Crippen molar-refractivity contribution in [2.24, 2.45) is 0 Å². The minimum absolute atomic E-state index is 0.0125. The van der Waals surface area contributed by atoms with Crippen LogP contribution in [0.5, 0.6) is 0 Å². The normalized spacial score (nSPS) is 17.9. The average molecular weight is 517 g/mol. The number of cyclic esters (lactones) is 1. The van der Waals surface area contributed by atoms with Crippen LogP contribution in [0.25, 0.3) is 0 Å². The molecule has 37 heavy (non-hydrogen) atoms. The molecule has 4 rings (SSSR count). The van der Waals surface area contributed by atoms with E-state index >= 15 is 0 Å². The van der Waals surface area contributed by atoms with E-state index < -0.39 is 23.0 Å². The topological polar surface area (TPSA) is 72.8 Å². The maximum absolute atomic E-state index is 13.5. The van der Waals surface area contributed by atoms with Crippen molar-refractivity contribution in [2.45, 2.75) is 55.9 Å². The molecule has 1 aliphatic rings. The molecule has 0 saturated carbocycles. The van der Waals surface area contributed by atoms with Gasteiger partial charge in [-0.05, 0) is 47.1 Å². The molecule has 0 saturated heterocycles. The minimum Gasteiger partial charge on any atom is -0.511 e. The SMILES string of the molecule is COC(=O)c1cccc(SC2=C(O)CC(CCc3ccccc3)(c3ccccc3)OC2=O)c1C(C)(C)C. The molecule has 192 valence electrons. The van der Waals surface area contributed by atoms with Gasteiger partial charge in [0.05, 0.1) is 19.1 Å². The first kappa shape index (κ1) is 26.6. The van der Waals surface area contributed by atoms with Gasteiger partial charge in [-0.3, -0.25) is 0 Å². The number of benzene rings is 3. The van der Waals surface area contributed by atoms with Crippen LogP contribution < -0.4 is 0 Å². The third kappa shape index (κ3) is 5.75. The number of esters is 2. The number of aliphatic hydroxyl groups excluding tert-OH is 1. The highest BCUT2D eigenvalue weighted by molar-refractivity contribution is 8.04. The first-order valence-corrected chi connectivity index (χ1v) is 13.1. The van der Waals surface area contributed by atoms with Crippen LogP contribution in [0.15, 0.2) is 94.4 Å². The van der Waals surface area contributed by atoms with E-state index in [-0.39, 0.29) is 17.1 Å². The zero-order chi connectivity index (χ0) is 26.6. The second-order valence-electron chi connectivity index (χ2n) is 10.2. The number of hydrogen-bond acceptors (Lipinski definition) is 6. The summed E-state index contributed by atoms with van der Waals surface area (Å²) in [4.78, 5) is 26.8. The number of aryl methyl sites for hydroxylation is 1. The fourth-order valence-corrected chi connectivity index (χ4v) is 5.99. The average Bonchev–Trinajstić information content (AvgIpc) is 2.89. The third-order valence-electron chi connectivity index (χ3n) is 6.54. The Labute approximate surface area is 222 Å². The van der Waals surface area contributed by atoms with Crippen molar-refractivity contribution in [3.63, 3.8) is 0 Å². The summed E-state index contributed by atoms with van der Waals surface area (Å²) >= 11 is 1.13. The van der Waals surface area contributed by atoms with E-state index in [0.29, 0.717) is 23.3 Å². The van der Waals surface area contributed by atoms with Gasteiger partial charge < -0.3 is 14.6 Å². The Balaban J connectivity index is 1.72. The minimum atomic E-state index is -0.983. The number of carbonyl (C=O) groups excluding carboxylic acids is 2. The van der Waals surface area contributed by atoms with E-state index in [9.17, 15) is 14.7 Å². The van der Waals surface area contributed by atoms with Crippen molar-refractivity contribution in [2.75, 3.05) is 7.11 Å². The van der Waals surface area contributed by atoms with Gasteiger partial charge in [-0.1, -0.05) is 99.3 Å². The number of thioether (sulfide) groups is 1. The second kappa shape index (κ2) is 10.9. The summed E-state index contributed by atoms with van der Waals surface area (Å²) < 4.78 is 11.2. The molecule has 0 radical (unpaired) electrons. The maximum atomic E-state index is 13.5. The highest BCUT2D eigenvalue weighted by atomic mass is 32.2. The van der Waals surface area contributed by atoms with Gasteiger partial charge in [0.25, 0.3) is 0 Å². The van der Waals surface area contributed by atoms with Gasteiger partial charge in [0, 0.05) is 4.90 Å². The quantitative estimate of drug-likeness (QED) is 0.338. The van der Waals surface area contributed by atoms with Crippen LogP contribution in [0.4, 0.5) is 0 Å². The van der Waals surface area contributed by atoms with Crippen LogP contribution in [-0.4, -0.2) is 24.2 Å². The Bertz CT molecular complexity index is 1310. The lowest BCUT2D eigenvalue weighted by Crippen LogP contribution is -2.38. The third-order valence-corrected chi connectivity index (χ3v) is 7.71. The van der Waals surface area contributed by atoms with E-state index in [1.54, 1.807) is 12.1 Å². The molecule has 0 aliphatic carbocycles. The van der Waals surface area contributed by atoms with Crippen molar-refractivity contribution in [3.8, 4) is 0 Å². The lowest BCUT2D eigenvalue weighted by molar-refractivity contribution is -0.160. The summed E-state index contributed by atoms with van der Waals surface area (Å²) in [5.74, 6) is -1.03. The second-order valence-corrected chi connectivity index (χ2v) is 11.3. The summed E-state index contributed by atoms with van der Waals surface area (Å²) in [6.45, 7) is 5.99. The van der Waals surface area contributed by atoms with E-state index in [1.165, 1.54) is 7.11 Å². The summed E-state index contributed by atoms with van der Waals surface area (Å²) in [5, 5.41) is 11.3. The molecule has 0 spiro atoms. The van der Waals surface area contributed by atoms with Gasteiger partial charge in [0.2, 0.25) is 0 Å². The zero-order valence-corrected chi connectivity index (χ0v) is 22.4. The Morgan fingerprint density at radius 3 is 2.24 bits per heavy atom. The lowest BCUT2D eigenvalue weighted by atomic mass is 9.82. The zero-order valence-electron chi connectivity index (χ0n) is 21.6. The number of hydrogen-bond donors (Lipinski definition) is 1. The largest absolute Gasteiger partial charge is 0.511 e. The Kier molecular flexibility index (Phi) is 7.79. The van der Waals surface area contributed by atoms with Crippen LogP contribution in [0.1, 0.15) is 60.7 Å². The van der Waals surface area contributed by atoms with Gasteiger partial charge in [-0.25, -0.2) is 9.59 Å². The Morgan fingerprint density at radius 2 is 1.65 bits per heavy atom. The van der Waals surface area contributed by atoms with Gasteiger partial charge in [0.15, 0.2) is 0 Å². The van der Waals surface area contributed by atoms with Crippen molar-refractivity contribution in [1.82, 2.24) is 0 Å². The van der Waals surface area contributed by atoms with E-state index in [0.717, 1.165) is 28.5 Å². The summed E-state index contributed by atoms with van der Waals surface area (Å²) in [6, 6.07) is 24.9. The van der Waals surface area contributed by atoms with Crippen molar-refractivity contribution in [1.29, 1.82) is 0 Å². The monoisotopic (exact) mass is 516 g/mol. The van der Waals surface area contributed by atoms with Crippen molar-refractivity contribution < 1.29 is 24.2 Å². The Morgan fingerprint density at radius 1 is 1.00 bits per heavy atom. The molecule has 3 aromatic rings. The molecule has 1 unspecified atom stereocenters. The fourth-order valence-electron chi connectivity index (χ4n) is 4.79.